The van der Waals surface area contributed by atoms with Gasteiger partial charge in [-0.05, 0) is 34.6 Å². The minimum absolute atomic E-state index is 0.0839. The Balaban J connectivity index is 1.51. The second kappa shape index (κ2) is 8.41. The molecule has 1 aromatic carbocycles. The lowest BCUT2D eigenvalue weighted by atomic mass is 10.1. The van der Waals surface area contributed by atoms with Crippen molar-refractivity contribution in [3.05, 3.63) is 35.7 Å². The maximum Gasteiger partial charge on any atom is 0.241 e. The van der Waals surface area contributed by atoms with Crippen molar-refractivity contribution >= 4 is 5.91 Å². The maximum absolute atomic E-state index is 12.4. The fourth-order valence-electron chi connectivity index (χ4n) is 3.28. The molecule has 1 fully saturated rings. The highest BCUT2D eigenvalue weighted by atomic mass is 16.5. The van der Waals surface area contributed by atoms with Crippen LogP contribution in [-0.2, 0) is 11.3 Å². The molecule has 3 rings (SSSR count). The average molecular weight is 386 g/mol. The second-order valence-corrected chi connectivity index (χ2v) is 8.61. The lowest BCUT2D eigenvalue weighted by molar-refractivity contribution is -0.128. The van der Waals surface area contributed by atoms with Gasteiger partial charge in [-0.1, -0.05) is 35.0 Å². The van der Waals surface area contributed by atoms with E-state index in [-0.39, 0.29) is 17.5 Å². The number of carbonyl (C=O) groups excluding carboxylic acids is 1. The zero-order valence-electron chi connectivity index (χ0n) is 17.5. The van der Waals surface area contributed by atoms with Gasteiger partial charge in [0.15, 0.2) is 0 Å². The number of nitrogens with one attached hydrogen (secondary N) is 1. The van der Waals surface area contributed by atoms with E-state index in [9.17, 15) is 4.79 Å². The predicted molar refractivity (Wildman–Crippen MR) is 109 cm³/mol. The van der Waals surface area contributed by atoms with Gasteiger partial charge < -0.3 is 9.84 Å². The number of nitrogens with zero attached hydrogens (tertiary/aromatic N) is 4. The molecule has 1 aromatic heterocycles. The molecule has 1 aliphatic heterocycles. The van der Waals surface area contributed by atoms with E-state index in [1.165, 1.54) is 5.56 Å². The van der Waals surface area contributed by atoms with Crippen molar-refractivity contribution in [3.63, 3.8) is 0 Å². The Bertz CT molecular complexity index is 786. The van der Waals surface area contributed by atoms with Crippen LogP contribution in [0.5, 0.6) is 0 Å². The first-order valence-electron chi connectivity index (χ1n) is 9.89. The number of aromatic nitrogens is 2. The lowest BCUT2D eigenvalue weighted by Crippen LogP contribution is -2.56. The van der Waals surface area contributed by atoms with Gasteiger partial charge in [-0.2, -0.15) is 4.98 Å². The monoisotopic (exact) mass is 385 g/mol. The molecule has 152 valence electrons. The molecule has 0 spiro atoms. The Labute approximate surface area is 167 Å². The molecule has 1 unspecified atom stereocenters. The molecule has 2 aromatic rings. The van der Waals surface area contributed by atoms with Gasteiger partial charge in [0.05, 0.1) is 12.6 Å². The summed E-state index contributed by atoms with van der Waals surface area (Å²) in [5, 5.41) is 7.17. The molecule has 0 radical (unpaired) electrons. The van der Waals surface area contributed by atoms with E-state index in [2.05, 4.69) is 32.2 Å². The molecule has 0 bridgehead atoms. The van der Waals surface area contributed by atoms with Crippen molar-refractivity contribution in [2.24, 2.45) is 0 Å². The first-order valence-corrected chi connectivity index (χ1v) is 9.89. The molecule has 1 atom stereocenters. The third-order valence-electron chi connectivity index (χ3n) is 4.97. The summed E-state index contributed by atoms with van der Waals surface area (Å²) in [6.45, 7) is 14.1. The van der Waals surface area contributed by atoms with Gasteiger partial charge in [0.1, 0.15) is 0 Å². The molecule has 2 heterocycles. The summed E-state index contributed by atoms with van der Waals surface area (Å²) in [6.07, 6.45) is 0. The zero-order valence-corrected chi connectivity index (χ0v) is 17.5. The minimum atomic E-state index is -0.208. The molecule has 7 nitrogen and oxygen atoms in total. The predicted octanol–water partition coefficient (Wildman–Crippen LogP) is 2.47. The first kappa shape index (κ1) is 20.5. The number of amides is 1. The van der Waals surface area contributed by atoms with Crippen LogP contribution in [0.25, 0.3) is 11.4 Å². The summed E-state index contributed by atoms with van der Waals surface area (Å²) in [4.78, 5) is 21.4. The molecular weight excluding hydrogens is 354 g/mol. The molecule has 0 saturated carbocycles. The van der Waals surface area contributed by atoms with Crippen molar-refractivity contribution in [1.82, 2.24) is 25.3 Å². The van der Waals surface area contributed by atoms with E-state index in [1.54, 1.807) is 0 Å². The quantitative estimate of drug-likeness (QED) is 0.852. The molecular formula is C21H31N5O2. The average Bonchev–Trinajstić information content (AvgIpc) is 3.09. The van der Waals surface area contributed by atoms with E-state index in [1.807, 2.05) is 52.0 Å². The molecule has 28 heavy (non-hydrogen) atoms. The molecule has 1 aliphatic rings. The molecule has 1 saturated heterocycles. The Kier molecular flexibility index (Phi) is 6.15. The van der Waals surface area contributed by atoms with Gasteiger partial charge in [0.2, 0.25) is 17.6 Å². The largest absolute Gasteiger partial charge is 0.350 e. The Morgan fingerprint density at radius 1 is 1.18 bits per heavy atom. The highest BCUT2D eigenvalue weighted by Crippen LogP contribution is 2.17. The molecule has 7 heteroatoms. The highest BCUT2D eigenvalue weighted by Gasteiger charge is 2.28. The number of piperazine rings is 1. The summed E-state index contributed by atoms with van der Waals surface area (Å²) in [5.74, 6) is 1.34. The van der Waals surface area contributed by atoms with Crippen LogP contribution in [0.4, 0.5) is 0 Å². The van der Waals surface area contributed by atoms with Crippen LogP contribution >= 0.6 is 0 Å². The van der Waals surface area contributed by atoms with Crippen molar-refractivity contribution in [2.75, 3.05) is 26.2 Å². The second-order valence-electron chi connectivity index (χ2n) is 8.61. The van der Waals surface area contributed by atoms with Crippen LogP contribution in [0.3, 0.4) is 0 Å². The summed E-state index contributed by atoms with van der Waals surface area (Å²) in [7, 11) is 0. The number of hydrogen-bond donors (Lipinski definition) is 1. The smallest absolute Gasteiger partial charge is 0.241 e. The highest BCUT2D eigenvalue weighted by molar-refractivity contribution is 5.81. The normalized spacial score (nSPS) is 17.5. The van der Waals surface area contributed by atoms with Gasteiger partial charge in [0, 0.05) is 37.3 Å². The summed E-state index contributed by atoms with van der Waals surface area (Å²) in [5.41, 5.74) is 1.96. The Morgan fingerprint density at radius 3 is 2.43 bits per heavy atom. The minimum Gasteiger partial charge on any atom is -0.350 e. The van der Waals surface area contributed by atoms with Gasteiger partial charge in [0.25, 0.3) is 0 Å². The number of carbonyl (C=O) groups is 1. The number of benzene rings is 1. The number of hydrogen-bond acceptors (Lipinski definition) is 6. The zero-order chi connectivity index (χ0) is 20.3. The summed E-state index contributed by atoms with van der Waals surface area (Å²) in [6, 6.07) is 7.97. The fourth-order valence-corrected chi connectivity index (χ4v) is 3.28. The van der Waals surface area contributed by atoms with E-state index in [4.69, 9.17) is 4.52 Å². The van der Waals surface area contributed by atoms with Crippen LogP contribution < -0.4 is 5.32 Å². The van der Waals surface area contributed by atoms with Crippen molar-refractivity contribution in [3.8, 4) is 11.4 Å². The maximum atomic E-state index is 12.4. The van der Waals surface area contributed by atoms with Crippen LogP contribution in [0, 0.1) is 6.92 Å². The van der Waals surface area contributed by atoms with Crippen LogP contribution in [0.1, 0.15) is 39.1 Å². The van der Waals surface area contributed by atoms with Crippen LogP contribution in [0.15, 0.2) is 28.8 Å². The summed E-state index contributed by atoms with van der Waals surface area (Å²) < 4.78 is 5.44. The van der Waals surface area contributed by atoms with Crippen molar-refractivity contribution < 1.29 is 9.32 Å². The standard InChI is InChI=1S/C21H31N5O2/c1-15-6-8-17(9-7-15)19-22-18(28-24-19)14-25-10-12-26(13-11-25)16(2)20(27)23-21(3,4)5/h6-9,16H,10-14H2,1-5H3,(H,23,27). The number of aryl methyl sites for hydroxylation is 1. The van der Waals surface area contributed by atoms with Gasteiger partial charge in [-0.3, -0.25) is 14.6 Å². The molecule has 1 amide bonds. The van der Waals surface area contributed by atoms with Crippen molar-refractivity contribution in [1.29, 1.82) is 0 Å². The van der Waals surface area contributed by atoms with Gasteiger partial charge >= 0.3 is 0 Å². The first-order chi connectivity index (χ1) is 13.2. The van der Waals surface area contributed by atoms with Crippen LogP contribution in [-0.4, -0.2) is 63.6 Å². The Hall–Kier alpha value is -2.25. The van der Waals surface area contributed by atoms with Crippen molar-refractivity contribution in [2.45, 2.75) is 52.7 Å². The van der Waals surface area contributed by atoms with E-state index >= 15 is 0 Å². The van der Waals surface area contributed by atoms with Crippen LogP contribution in [0.2, 0.25) is 0 Å². The lowest BCUT2D eigenvalue weighted by Gasteiger charge is -2.37. The van der Waals surface area contributed by atoms with Gasteiger partial charge in [-0.15, -0.1) is 0 Å². The third-order valence-corrected chi connectivity index (χ3v) is 4.97. The van der Waals surface area contributed by atoms with E-state index < -0.39 is 0 Å². The van der Waals surface area contributed by atoms with E-state index in [0.717, 1.165) is 31.7 Å². The summed E-state index contributed by atoms with van der Waals surface area (Å²) >= 11 is 0. The third kappa shape index (κ3) is 5.39. The molecule has 0 aliphatic carbocycles. The van der Waals surface area contributed by atoms with Gasteiger partial charge in [-0.25, -0.2) is 0 Å². The molecule has 1 N–H and O–H groups in total. The van der Waals surface area contributed by atoms with E-state index in [0.29, 0.717) is 18.3 Å². The SMILES string of the molecule is Cc1ccc(-c2noc(CN3CCN(C(C)C(=O)NC(C)(C)C)CC3)n2)cc1. The Morgan fingerprint density at radius 2 is 1.82 bits per heavy atom. The fraction of sp³-hybridized carbons (Fsp3) is 0.571. The topological polar surface area (TPSA) is 74.5 Å². The number of rotatable bonds is 5.